The highest BCUT2D eigenvalue weighted by Crippen LogP contribution is 2.40. The van der Waals surface area contributed by atoms with E-state index in [1.165, 1.54) is 30.9 Å². The normalized spacial score (nSPS) is 12.0. The minimum Gasteiger partial charge on any atom is -0.309 e. The Morgan fingerprint density at radius 3 is 2.13 bits per heavy atom. The number of hydrogen-bond acceptors (Lipinski definition) is 3. The van der Waals surface area contributed by atoms with Crippen molar-refractivity contribution in [2.45, 2.75) is 0 Å². The van der Waals surface area contributed by atoms with Gasteiger partial charge in [-0.05, 0) is 78.4 Å². The van der Waals surface area contributed by atoms with E-state index in [-0.39, 0.29) is 5.84 Å². The fourth-order valence-electron chi connectivity index (χ4n) is 5.94. The molecule has 2 heterocycles. The van der Waals surface area contributed by atoms with Crippen LogP contribution in [-0.4, -0.2) is 22.5 Å². The van der Waals surface area contributed by atoms with Crippen LogP contribution in [0.1, 0.15) is 22.3 Å². The van der Waals surface area contributed by atoms with Gasteiger partial charge < -0.3 is 4.57 Å². The van der Waals surface area contributed by atoms with Crippen LogP contribution in [0.5, 0.6) is 0 Å². The zero-order valence-corrected chi connectivity index (χ0v) is 25.4. The summed E-state index contributed by atoms with van der Waals surface area (Å²) in [5.41, 5.74) is 6.21. The summed E-state index contributed by atoms with van der Waals surface area (Å²) < 4.78 is 4.90. The molecule has 0 saturated carbocycles. The third kappa shape index (κ3) is 4.86. The summed E-state index contributed by atoms with van der Waals surface area (Å²) in [7, 11) is 0. The highest BCUT2D eigenvalue weighted by atomic mass is 32.1. The molecule has 0 aliphatic rings. The number of para-hydroxylation sites is 1. The lowest BCUT2D eigenvalue weighted by Gasteiger charge is -2.10. The van der Waals surface area contributed by atoms with E-state index in [1.807, 2.05) is 53.8 Å². The highest BCUT2D eigenvalue weighted by molar-refractivity contribution is 7.25. The van der Waals surface area contributed by atoms with Gasteiger partial charge >= 0.3 is 0 Å². The smallest absolute Gasteiger partial charge is 0.161 e. The Labute approximate surface area is 269 Å². The molecule has 0 bridgehead atoms. The molecule has 46 heavy (non-hydrogen) atoms. The Kier molecular flexibility index (Phi) is 6.79. The van der Waals surface area contributed by atoms with Crippen molar-refractivity contribution in [2.24, 2.45) is 9.98 Å². The number of nitriles is 1. The average molecular weight is 608 g/mol. The second-order valence-electron chi connectivity index (χ2n) is 11.0. The monoisotopic (exact) mass is 607 g/mol. The van der Waals surface area contributed by atoms with Gasteiger partial charge in [-0.1, -0.05) is 66.7 Å². The van der Waals surface area contributed by atoms with E-state index >= 15 is 0 Å². The van der Waals surface area contributed by atoms with E-state index in [0.717, 1.165) is 27.8 Å². The lowest BCUT2D eigenvalue weighted by Crippen LogP contribution is -2.05. The molecule has 0 radical (unpaired) electrons. The Morgan fingerprint density at radius 2 is 1.35 bits per heavy atom. The fraction of sp³-hybridized carbons (Fsp3) is 0. The van der Waals surface area contributed by atoms with E-state index in [9.17, 15) is 5.26 Å². The molecule has 8 aromatic rings. The van der Waals surface area contributed by atoms with E-state index in [0.29, 0.717) is 17.0 Å². The Hall–Kier alpha value is -6.16. The first-order chi connectivity index (χ1) is 22.7. The Morgan fingerprint density at radius 1 is 0.652 bits per heavy atom. The van der Waals surface area contributed by atoms with Gasteiger partial charge in [0, 0.05) is 54.0 Å². The molecule has 0 fully saturated rings. The van der Waals surface area contributed by atoms with Gasteiger partial charge in [-0.3, -0.25) is 5.41 Å². The van der Waals surface area contributed by atoms with E-state index in [2.05, 4.69) is 88.4 Å². The second kappa shape index (κ2) is 11.4. The molecule has 1 N–H and O–H groups in total. The maximum Gasteiger partial charge on any atom is 0.161 e. The van der Waals surface area contributed by atoms with Gasteiger partial charge in [0.25, 0.3) is 0 Å². The summed E-state index contributed by atoms with van der Waals surface area (Å²) >= 11 is 1.84. The molecule has 0 unspecified atom stereocenters. The average Bonchev–Trinajstić information content (AvgIpc) is 3.64. The largest absolute Gasteiger partial charge is 0.309 e. The van der Waals surface area contributed by atoms with Gasteiger partial charge in [-0.15, -0.1) is 11.3 Å². The first-order valence-corrected chi connectivity index (χ1v) is 15.7. The molecular weight excluding hydrogens is 583 g/mol. The number of hydrogen-bond donors (Lipinski definition) is 1. The molecule has 8 rings (SSSR count). The number of nitrogens with one attached hydrogen (secondary N) is 1. The molecule has 216 valence electrons. The van der Waals surface area contributed by atoms with Crippen LogP contribution in [0.4, 0.5) is 0 Å². The van der Waals surface area contributed by atoms with Crippen LogP contribution in [0.25, 0.3) is 47.7 Å². The highest BCUT2D eigenvalue weighted by Gasteiger charge is 2.16. The van der Waals surface area contributed by atoms with Crippen LogP contribution >= 0.6 is 11.3 Å². The molecule has 2 aromatic heterocycles. The second-order valence-corrected chi connectivity index (χ2v) is 12.1. The van der Waals surface area contributed by atoms with Gasteiger partial charge in [0.05, 0.1) is 22.7 Å². The SMILES string of the molecule is N#Cc1ccc(C(=N)N=C(N=Cc2ccccc2)c2ccc(-n3c4ccccc4c4cc5sc6ccccc6c5cc43)cc2)cc1. The van der Waals surface area contributed by atoms with Crippen LogP contribution in [-0.2, 0) is 0 Å². The van der Waals surface area contributed by atoms with Crippen molar-refractivity contribution < 1.29 is 0 Å². The van der Waals surface area contributed by atoms with E-state index < -0.39 is 0 Å². The summed E-state index contributed by atoms with van der Waals surface area (Å²) in [5.74, 6) is 0.501. The minimum atomic E-state index is 0.0724. The quantitative estimate of drug-likeness (QED) is 0.157. The molecule has 6 aromatic carbocycles. The summed E-state index contributed by atoms with van der Waals surface area (Å²) in [4.78, 5) is 9.39. The standard InChI is InChI=1S/C40H25N5S/c41-24-26-14-16-28(17-15-26)39(42)44-40(43-25-27-8-2-1-3-9-27)29-18-20-30(21-19-29)45-35-12-6-4-10-31(35)33-23-38-34(22-36(33)45)32-11-5-7-13-37(32)46-38/h1-23,25,42H. The first kappa shape index (κ1) is 27.4. The number of aliphatic imine (C=N–C) groups is 2. The van der Waals surface area contributed by atoms with Crippen molar-refractivity contribution >= 4 is 71.2 Å². The van der Waals surface area contributed by atoms with Gasteiger partial charge in [0.2, 0.25) is 0 Å². The van der Waals surface area contributed by atoms with Crippen LogP contribution < -0.4 is 0 Å². The fourth-order valence-corrected chi connectivity index (χ4v) is 7.07. The number of fused-ring (bicyclic) bond motifs is 6. The number of thiophene rings is 1. The Bertz CT molecular complexity index is 2530. The van der Waals surface area contributed by atoms with Crippen molar-refractivity contribution in [2.75, 3.05) is 0 Å². The zero-order chi connectivity index (χ0) is 31.0. The van der Waals surface area contributed by atoms with Crippen LogP contribution in [0.2, 0.25) is 0 Å². The number of rotatable bonds is 4. The van der Waals surface area contributed by atoms with Gasteiger partial charge in [0.1, 0.15) is 0 Å². The summed E-state index contributed by atoms with van der Waals surface area (Å²) in [6, 6.07) is 48.9. The van der Waals surface area contributed by atoms with Crippen molar-refractivity contribution in [3.05, 3.63) is 162 Å². The summed E-state index contributed by atoms with van der Waals surface area (Å²) in [6.07, 6.45) is 1.77. The maximum absolute atomic E-state index is 9.17. The predicted octanol–water partition coefficient (Wildman–Crippen LogP) is 9.91. The Balaban J connectivity index is 1.25. The molecule has 0 atom stereocenters. The summed E-state index contributed by atoms with van der Waals surface area (Å²) in [5, 5.41) is 22.9. The molecule has 0 aliphatic heterocycles. The van der Waals surface area contributed by atoms with Crippen molar-refractivity contribution in [1.29, 1.82) is 10.7 Å². The number of aromatic nitrogens is 1. The van der Waals surface area contributed by atoms with Crippen LogP contribution in [0, 0.1) is 16.7 Å². The zero-order valence-electron chi connectivity index (χ0n) is 24.6. The van der Waals surface area contributed by atoms with Gasteiger partial charge in [-0.2, -0.15) is 5.26 Å². The molecule has 0 amide bonds. The van der Waals surface area contributed by atoms with Crippen LogP contribution in [0.3, 0.4) is 0 Å². The van der Waals surface area contributed by atoms with Gasteiger partial charge in [0.15, 0.2) is 11.7 Å². The third-order valence-corrected chi connectivity index (χ3v) is 9.33. The van der Waals surface area contributed by atoms with Crippen molar-refractivity contribution in [3.63, 3.8) is 0 Å². The molecule has 5 nitrogen and oxygen atoms in total. The molecule has 6 heteroatoms. The number of nitrogens with zero attached hydrogens (tertiary/aromatic N) is 4. The number of benzene rings is 6. The first-order valence-electron chi connectivity index (χ1n) is 14.9. The maximum atomic E-state index is 9.17. The summed E-state index contributed by atoms with van der Waals surface area (Å²) in [6.45, 7) is 0. The van der Waals surface area contributed by atoms with Gasteiger partial charge in [-0.25, -0.2) is 9.98 Å². The predicted molar refractivity (Wildman–Crippen MR) is 192 cm³/mol. The molecule has 0 aliphatic carbocycles. The lowest BCUT2D eigenvalue weighted by atomic mass is 10.1. The molecule has 0 spiro atoms. The van der Waals surface area contributed by atoms with E-state index in [1.54, 1.807) is 30.5 Å². The molecular formula is C40H25N5S. The lowest BCUT2D eigenvalue weighted by molar-refractivity contribution is 1.18. The topological polar surface area (TPSA) is 77.3 Å². The van der Waals surface area contributed by atoms with Crippen LogP contribution in [0.15, 0.2) is 150 Å². The van der Waals surface area contributed by atoms with E-state index in [4.69, 9.17) is 10.4 Å². The number of amidine groups is 2. The van der Waals surface area contributed by atoms with Crippen molar-refractivity contribution in [3.8, 4) is 11.8 Å². The third-order valence-electron chi connectivity index (χ3n) is 8.20. The minimum absolute atomic E-state index is 0.0724. The molecule has 0 saturated heterocycles. The van der Waals surface area contributed by atoms with Crippen molar-refractivity contribution in [1.82, 2.24) is 4.57 Å².